The van der Waals surface area contributed by atoms with Crippen LogP contribution < -0.4 is 0 Å². The van der Waals surface area contributed by atoms with E-state index < -0.39 is 0 Å². The first-order valence-electron chi connectivity index (χ1n) is 8.80. The van der Waals surface area contributed by atoms with Crippen molar-refractivity contribution in [3.05, 3.63) is 95.5 Å². The smallest absolute Gasteiger partial charge is 0.160 e. The normalized spacial score (nSPS) is 11.1. The number of hydrogen-bond acceptors (Lipinski definition) is 2. The maximum atomic E-state index is 5.00. The minimum atomic E-state index is 0.734. The number of benzene rings is 4. The van der Waals surface area contributed by atoms with E-state index in [1.54, 1.807) is 0 Å². The van der Waals surface area contributed by atoms with E-state index in [1.165, 1.54) is 10.8 Å². The van der Waals surface area contributed by atoms with Gasteiger partial charge in [-0.2, -0.15) is 0 Å². The van der Waals surface area contributed by atoms with Gasteiger partial charge in [0.15, 0.2) is 5.82 Å². The summed E-state index contributed by atoms with van der Waals surface area (Å²) in [7, 11) is 0. The lowest BCUT2D eigenvalue weighted by atomic mass is 10.00. The first-order chi connectivity index (χ1) is 13.3. The van der Waals surface area contributed by atoms with Gasteiger partial charge in [0.1, 0.15) is 0 Å². The van der Waals surface area contributed by atoms with Crippen molar-refractivity contribution < 1.29 is 0 Å². The number of fused-ring (bicyclic) bond motifs is 3. The second-order valence-electron chi connectivity index (χ2n) is 6.45. The van der Waals surface area contributed by atoms with Crippen molar-refractivity contribution in [1.29, 1.82) is 0 Å². The van der Waals surface area contributed by atoms with E-state index in [-0.39, 0.29) is 0 Å². The standard InChI is InChI=1S/C24H15BrN2/c25-19-11-6-10-18(15-19)24-26-21-14-13-16-7-4-5-12-20(16)22(21)23(27-24)17-8-2-1-3-9-17/h1-15H. The van der Waals surface area contributed by atoms with Crippen LogP contribution in [-0.4, -0.2) is 9.97 Å². The molecule has 3 heteroatoms. The molecule has 0 amide bonds. The average molecular weight is 411 g/mol. The number of halogens is 1. The summed E-state index contributed by atoms with van der Waals surface area (Å²) >= 11 is 3.55. The molecule has 0 radical (unpaired) electrons. The van der Waals surface area contributed by atoms with Crippen LogP contribution in [0, 0.1) is 0 Å². The highest BCUT2D eigenvalue weighted by Gasteiger charge is 2.14. The van der Waals surface area contributed by atoms with Gasteiger partial charge in [0.05, 0.1) is 11.2 Å². The van der Waals surface area contributed by atoms with Gasteiger partial charge in [-0.3, -0.25) is 0 Å². The van der Waals surface area contributed by atoms with E-state index in [4.69, 9.17) is 9.97 Å². The molecule has 0 aliphatic heterocycles. The Morgan fingerprint density at radius 1 is 0.630 bits per heavy atom. The molecule has 128 valence electrons. The summed E-state index contributed by atoms with van der Waals surface area (Å²) in [6.45, 7) is 0. The quantitative estimate of drug-likeness (QED) is 0.296. The number of rotatable bonds is 2. The first-order valence-corrected chi connectivity index (χ1v) is 9.60. The predicted molar refractivity (Wildman–Crippen MR) is 116 cm³/mol. The van der Waals surface area contributed by atoms with Gasteiger partial charge in [0, 0.05) is 21.0 Å². The third-order valence-electron chi connectivity index (χ3n) is 4.72. The SMILES string of the molecule is Brc1cccc(-c2nc(-c3ccccc3)c3c(ccc4ccccc43)n2)c1. The van der Waals surface area contributed by atoms with Gasteiger partial charge in [-0.25, -0.2) is 9.97 Å². The molecule has 0 aliphatic rings. The van der Waals surface area contributed by atoms with Crippen molar-refractivity contribution in [2.45, 2.75) is 0 Å². The Hall–Kier alpha value is -3.04. The zero-order valence-corrected chi connectivity index (χ0v) is 16.0. The molecule has 0 saturated heterocycles. The van der Waals surface area contributed by atoms with Crippen LogP contribution in [0.4, 0.5) is 0 Å². The van der Waals surface area contributed by atoms with Crippen molar-refractivity contribution in [3.8, 4) is 22.6 Å². The molecule has 0 atom stereocenters. The minimum absolute atomic E-state index is 0.734. The van der Waals surface area contributed by atoms with Crippen molar-refractivity contribution in [1.82, 2.24) is 9.97 Å². The van der Waals surface area contributed by atoms with Gasteiger partial charge < -0.3 is 0 Å². The molecular weight excluding hydrogens is 396 g/mol. The van der Waals surface area contributed by atoms with E-state index in [9.17, 15) is 0 Å². The van der Waals surface area contributed by atoms with Crippen LogP contribution in [0.1, 0.15) is 0 Å². The molecule has 5 rings (SSSR count). The van der Waals surface area contributed by atoms with Crippen molar-refractivity contribution >= 4 is 37.6 Å². The van der Waals surface area contributed by atoms with Crippen LogP contribution in [0.3, 0.4) is 0 Å². The number of nitrogens with zero attached hydrogens (tertiary/aromatic N) is 2. The Morgan fingerprint density at radius 3 is 2.26 bits per heavy atom. The van der Waals surface area contributed by atoms with Gasteiger partial charge in [-0.05, 0) is 29.0 Å². The minimum Gasteiger partial charge on any atom is -0.228 e. The summed E-state index contributed by atoms with van der Waals surface area (Å²) in [5.74, 6) is 0.734. The Bertz CT molecular complexity index is 1280. The molecule has 1 aromatic heterocycles. The summed E-state index contributed by atoms with van der Waals surface area (Å²) in [4.78, 5) is 9.89. The second kappa shape index (κ2) is 6.60. The Balaban J connectivity index is 1.90. The molecule has 4 aromatic carbocycles. The molecule has 0 bridgehead atoms. The summed E-state index contributed by atoms with van der Waals surface area (Å²) < 4.78 is 1.02. The molecule has 2 nitrogen and oxygen atoms in total. The fourth-order valence-electron chi connectivity index (χ4n) is 3.46. The fraction of sp³-hybridized carbons (Fsp3) is 0. The van der Waals surface area contributed by atoms with Crippen LogP contribution in [0.15, 0.2) is 95.5 Å². The molecule has 0 saturated carbocycles. The van der Waals surface area contributed by atoms with Crippen LogP contribution in [-0.2, 0) is 0 Å². The third-order valence-corrected chi connectivity index (χ3v) is 5.21. The maximum absolute atomic E-state index is 5.00. The fourth-order valence-corrected chi connectivity index (χ4v) is 3.86. The molecule has 1 heterocycles. The summed E-state index contributed by atoms with van der Waals surface area (Å²) in [5.41, 5.74) is 4.01. The lowest BCUT2D eigenvalue weighted by Crippen LogP contribution is -1.96. The zero-order valence-electron chi connectivity index (χ0n) is 14.4. The predicted octanol–water partition coefficient (Wildman–Crippen LogP) is 6.88. The monoisotopic (exact) mass is 410 g/mol. The summed E-state index contributed by atoms with van der Waals surface area (Å²) in [6, 6.07) is 31.1. The van der Waals surface area contributed by atoms with Crippen LogP contribution >= 0.6 is 15.9 Å². The van der Waals surface area contributed by atoms with E-state index in [0.29, 0.717) is 0 Å². The molecule has 5 aromatic rings. The Morgan fingerprint density at radius 2 is 1.41 bits per heavy atom. The van der Waals surface area contributed by atoms with Gasteiger partial charge in [0.25, 0.3) is 0 Å². The van der Waals surface area contributed by atoms with Crippen molar-refractivity contribution in [3.63, 3.8) is 0 Å². The van der Waals surface area contributed by atoms with Crippen LogP contribution in [0.25, 0.3) is 44.3 Å². The Labute approximate surface area is 165 Å². The average Bonchev–Trinajstić information content (AvgIpc) is 2.73. The van der Waals surface area contributed by atoms with E-state index in [2.05, 4.69) is 70.5 Å². The van der Waals surface area contributed by atoms with Gasteiger partial charge in [-0.1, -0.05) is 88.7 Å². The van der Waals surface area contributed by atoms with E-state index >= 15 is 0 Å². The highest BCUT2D eigenvalue weighted by atomic mass is 79.9. The summed E-state index contributed by atoms with van der Waals surface area (Å²) in [6.07, 6.45) is 0. The molecule has 0 spiro atoms. The molecule has 0 aliphatic carbocycles. The molecule has 0 N–H and O–H groups in total. The summed E-state index contributed by atoms with van der Waals surface area (Å²) in [5, 5.41) is 3.47. The highest BCUT2D eigenvalue weighted by molar-refractivity contribution is 9.10. The van der Waals surface area contributed by atoms with Gasteiger partial charge in [-0.15, -0.1) is 0 Å². The Kier molecular flexibility index (Phi) is 3.95. The number of aromatic nitrogens is 2. The first kappa shape index (κ1) is 16.2. The highest BCUT2D eigenvalue weighted by Crippen LogP contribution is 2.34. The molecule has 27 heavy (non-hydrogen) atoms. The molecule has 0 fully saturated rings. The van der Waals surface area contributed by atoms with E-state index in [0.717, 1.165) is 38.0 Å². The second-order valence-corrected chi connectivity index (χ2v) is 7.37. The van der Waals surface area contributed by atoms with Crippen LogP contribution in [0.2, 0.25) is 0 Å². The topological polar surface area (TPSA) is 25.8 Å². The third kappa shape index (κ3) is 2.90. The van der Waals surface area contributed by atoms with Crippen LogP contribution in [0.5, 0.6) is 0 Å². The van der Waals surface area contributed by atoms with E-state index in [1.807, 2.05) is 36.4 Å². The van der Waals surface area contributed by atoms with Crippen molar-refractivity contribution in [2.24, 2.45) is 0 Å². The van der Waals surface area contributed by atoms with Gasteiger partial charge in [0.2, 0.25) is 0 Å². The lowest BCUT2D eigenvalue weighted by Gasteiger charge is -2.12. The van der Waals surface area contributed by atoms with Gasteiger partial charge >= 0.3 is 0 Å². The van der Waals surface area contributed by atoms with Crippen molar-refractivity contribution in [2.75, 3.05) is 0 Å². The lowest BCUT2D eigenvalue weighted by molar-refractivity contribution is 1.23. The zero-order chi connectivity index (χ0) is 18.2. The number of hydrogen-bond donors (Lipinski definition) is 0. The molecular formula is C24H15BrN2. The largest absolute Gasteiger partial charge is 0.228 e. The maximum Gasteiger partial charge on any atom is 0.160 e. The molecule has 0 unspecified atom stereocenters.